The second kappa shape index (κ2) is 6.93. The Morgan fingerprint density at radius 1 is 1.29 bits per heavy atom. The van der Waals surface area contributed by atoms with Crippen molar-refractivity contribution in [2.75, 3.05) is 46.0 Å². The van der Waals surface area contributed by atoms with Crippen LogP contribution in [0.1, 0.15) is 19.3 Å². The molecule has 0 bridgehead atoms. The summed E-state index contributed by atoms with van der Waals surface area (Å²) in [4.78, 5) is 13.9. The monoisotopic (exact) mass is 242 g/mol. The Hall–Kier alpha value is -0.650. The van der Waals surface area contributed by atoms with Gasteiger partial charge in [0.05, 0.1) is 25.7 Å². The predicted octanol–water partition coefficient (Wildman–Crippen LogP) is 0.00390. The molecule has 5 heteroatoms. The second-order valence-corrected chi connectivity index (χ2v) is 4.64. The van der Waals surface area contributed by atoms with Gasteiger partial charge in [-0.15, -0.1) is 0 Å². The van der Waals surface area contributed by atoms with Crippen LogP contribution in [0.5, 0.6) is 0 Å². The van der Waals surface area contributed by atoms with Crippen molar-refractivity contribution in [3.8, 4) is 0 Å². The molecule has 2 aliphatic rings. The van der Waals surface area contributed by atoms with Gasteiger partial charge in [-0.1, -0.05) is 0 Å². The Morgan fingerprint density at radius 3 is 2.82 bits per heavy atom. The number of ether oxygens (including phenoxy) is 2. The summed E-state index contributed by atoms with van der Waals surface area (Å²) in [6, 6.07) is 0. The van der Waals surface area contributed by atoms with E-state index in [1.165, 1.54) is 0 Å². The zero-order valence-corrected chi connectivity index (χ0v) is 10.3. The second-order valence-electron chi connectivity index (χ2n) is 4.64. The van der Waals surface area contributed by atoms with Gasteiger partial charge in [0, 0.05) is 32.8 Å². The van der Waals surface area contributed by atoms with Gasteiger partial charge in [-0.05, 0) is 12.8 Å². The zero-order valence-electron chi connectivity index (χ0n) is 10.3. The van der Waals surface area contributed by atoms with Gasteiger partial charge < -0.3 is 14.8 Å². The number of amides is 1. The summed E-state index contributed by atoms with van der Waals surface area (Å²) in [6.07, 6.45) is 2.78. The Morgan fingerprint density at radius 2 is 2.12 bits per heavy atom. The van der Waals surface area contributed by atoms with E-state index < -0.39 is 0 Å². The summed E-state index contributed by atoms with van der Waals surface area (Å²) in [5, 5.41) is 2.96. The lowest BCUT2D eigenvalue weighted by Crippen LogP contribution is -2.41. The van der Waals surface area contributed by atoms with Crippen LogP contribution in [0.2, 0.25) is 0 Å². The fourth-order valence-corrected chi connectivity index (χ4v) is 2.26. The lowest BCUT2D eigenvalue weighted by molar-refractivity contribution is -0.123. The largest absolute Gasteiger partial charge is 0.379 e. The van der Waals surface area contributed by atoms with Gasteiger partial charge >= 0.3 is 0 Å². The van der Waals surface area contributed by atoms with Gasteiger partial charge in [0.1, 0.15) is 0 Å². The molecule has 0 saturated carbocycles. The molecule has 0 aromatic carbocycles. The summed E-state index contributed by atoms with van der Waals surface area (Å²) >= 11 is 0. The molecule has 2 aliphatic heterocycles. The number of carbonyl (C=O) groups is 1. The number of carbonyl (C=O) groups excluding carboxylic acids is 1. The van der Waals surface area contributed by atoms with E-state index in [0.717, 1.165) is 58.8 Å². The molecule has 2 rings (SSSR count). The molecule has 2 heterocycles. The molecule has 0 aliphatic carbocycles. The number of morpholine rings is 1. The van der Waals surface area contributed by atoms with E-state index in [2.05, 4.69) is 10.2 Å². The molecule has 0 aromatic heterocycles. The number of nitrogens with one attached hydrogen (secondary N) is 1. The van der Waals surface area contributed by atoms with E-state index in [4.69, 9.17) is 9.47 Å². The topological polar surface area (TPSA) is 50.8 Å². The first-order chi connectivity index (χ1) is 8.34. The van der Waals surface area contributed by atoms with Crippen LogP contribution in [0.15, 0.2) is 0 Å². The minimum Gasteiger partial charge on any atom is -0.379 e. The fourth-order valence-electron chi connectivity index (χ4n) is 2.26. The highest BCUT2D eigenvalue weighted by molar-refractivity contribution is 5.76. The molecule has 5 nitrogen and oxygen atoms in total. The van der Waals surface area contributed by atoms with E-state index in [0.29, 0.717) is 6.42 Å². The minimum atomic E-state index is 0.116. The van der Waals surface area contributed by atoms with Gasteiger partial charge in [0.15, 0.2) is 0 Å². The van der Waals surface area contributed by atoms with Crippen LogP contribution < -0.4 is 5.32 Å². The third-order valence-electron chi connectivity index (χ3n) is 3.29. The zero-order chi connectivity index (χ0) is 11.9. The quantitative estimate of drug-likeness (QED) is 0.737. The molecular weight excluding hydrogens is 220 g/mol. The normalized spacial score (nSPS) is 26.0. The molecule has 0 spiro atoms. The van der Waals surface area contributed by atoms with Crippen LogP contribution in [-0.4, -0.2) is 62.9 Å². The van der Waals surface area contributed by atoms with Crippen molar-refractivity contribution in [2.24, 2.45) is 0 Å². The highest BCUT2D eigenvalue weighted by atomic mass is 16.5. The Bertz CT molecular complexity index is 236. The molecule has 2 saturated heterocycles. The smallest absolute Gasteiger partial charge is 0.222 e. The van der Waals surface area contributed by atoms with Crippen molar-refractivity contribution < 1.29 is 14.3 Å². The SMILES string of the molecule is O=C(CC1CCCO1)NCCN1CCOCC1. The maximum atomic E-state index is 11.6. The fraction of sp³-hybridized carbons (Fsp3) is 0.917. The van der Waals surface area contributed by atoms with Gasteiger partial charge in [0.2, 0.25) is 5.91 Å². The predicted molar refractivity (Wildman–Crippen MR) is 63.9 cm³/mol. The molecule has 98 valence electrons. The van der Waals surface area contributed by atoms with Gasteiger partial charge in [0.25, 0.3) is 0 Å². The standard InChI is InChI=1S/C12H22N2O3/c15-12(10-11-2-1-7-17-11)13-3-4-14-5-8-16-9-6-14/h11H,1-10H2,(H,13,15). The molecule has 1 unspecified atom stereocenters. The van der Waals surface area contributed by atoms with Crippen LogP contribution in [0.3, 0.4) is 0 Å². The van der Waals surface area contributed by atoms with E-state index in [-0.39, 0.29) is 12.0 Å². The molecular formula is C12H22N2O3. The summed E-state index contributed by atoms with van der Waals surface area (Å²) < 4.78 is 10.7. The van der Waals surface area contributed by atoms with E-state index in [1.54, 1.807) is 0 Å². The minimum absolute atomic E-state index is 0.116. The molecule has 1 amide bonds. The Kier molecular flexibility index (Phi) is 5.22. The van der Waals surface area contributed by atoms with E-state index in [1.807, 2.05) is 0 Å². The Balaban J connectivity index is 1.53. The highest BCUT2D eigenvalue weighted by Gasteiger charge is 2.18. The van der Waals surface area contributed by atoms with Crippen molar-refractivity contribution in [2.45, 2.75) is 25.4 Å². The van der Waals surface area contributed by atoms with Crippen molar-refractivity contribution >= 4 is 5.91 Å². The first-order valence-corrected chi connectivity index (χ1v) is 6.53. The summed E-state index contributed by atoms with van der Waals surface area (Å²) in [6.45, 7) is 6.02. The van der Waals surface area contributed by atoms with Crippen LogP contribution in [0, 0.1) is 0 Å². The average molecular weight is 242 g/mol. The first-order valence-electron chi connectivity index (χ1n) is 6.53. The summed E-state index contributed by atoms with van der Waals surface area (Å²) in [5.74, 6) is 0.116. The first kappa shape index (κ1) is 12.8. The number of nitrogens with zero attached hydrogens (tertiary/aromatic N) is 1. The van der Waals surface area contributed by atoms with Crippen LogP contribution >= 0.6 is 0 Å². The third kappa shape index (κ3) is 4.61. The van der Waals surface area contributed by atoms with Crippen molar-refractivity contribution in [3.05, 3.63) is 0 Å². The molecule has 17 heavy (non-hydrogen) atoms. The molecule has 0 aromatic rings. The maximum absolute atomic E-state index is 11.6. The lowest BCUT2D eigenvalue weighted by Gasteiger charge is -2.26. The summed E-state index contributed by atoms with van der Waals surface area (Å²) in [7, 11) is 0. The molecule has 1 N–H and O–H groups in total. The van der Waals surface area contributed by atoms with Crippen molar-refractivity contribution in [1.82, 2.24) is 10.2 Å². The molecule has 0 radical (unpaired) electrons. The number of rotatable bonds is 5. The van der Waals surface area contributed by atoms with Crippen LogP contribution in [0.4, 0.5) is 0 Å². The number of hydrogen-bond donors (Lipinski definition) is 1. The lowest BCUT2D eigenvalue weighted by atomic mass is 10.2. The summed E-state index contributed by atoms with van der Waals surface area (Å²) in [5.41, 5.74) is 0. The van der Waals surface area contributed by atoms with Crippen molar-refractivity contribution in [3.63, 3.8) is 0 Å². The molecule has 1 atom stereocenters. The van der Waals surface area contributed by atoms with Gasteiger partial charge in [-0.25, -0.2) is 0 Å². The third-order valence-corrected chi connectivity index (χ3v) is 3.29. The van der Waals surface area contributed by atoms with E-state index in [9.17, 15) is 4.79 Å². The maximum Gasteiger partial charge on any atom is 0.222 e. The van der Waals surface area contributed by atoms with Gasteiger partial charge in [-0.2, -0.15) is 0 Å². The van der Waals surface area contributed by atoms with Crippen LogP contribution in [-0.2, 0) is 14.3 Å². The van der Waals surface area contributed by atoms with Gasteiger partial charge in [-0.3, -0.25) is 9.69 Å². The van der Waals surface area contributed by atoms with Crippen LogP contribution in [0.25, 0.3) is 0 Å². The van der Waals surface area contributed by atoms with Crippen molar-refractivity contribution in [1.29, 1.82) is 0 Å². The Labute approximate surface area is 102 Å². The number of hydrogen-bond acceptors (Lipinski definition) is 4. The van der Waals surface area contributed by atoms with E-state index >= 15 is 0 Å². The average Bonchev–Trinajstić information content (AvgIpc) is 2.83. The molecule has 2 fully saturated rings. The highest BCUT2D eigenvalue weighted by Crippen LogP contribution is 2.14.